The van der Waals surface area contributed by atoms with Gasteiger partial charge in [-0.15, -0.1) is 0 Å². The van der Waals surface area contributed by atoms with Gasteiger partial charge in [-0.25, -0.2) is 0 Å². The molecule has 2 heteroatoms. The van der Waals surface area contributed by atoms with Crippen LogP contribution in [0.5, 0.6) is 0 Å². The minimum atomic E-state index is -0.0882. The van der Waals surface area contributed by atoms with Gasteiger partial charge < -0.3 is 4.74 Å². The SMILES string of the molecule is CCCCC[C@H]1CCC2C(CCC3C[C@@H](OC(C)=O)CCC32)C1. The number of fused-ring (bicyclic) bond motifs is 3. The molecule has 0 aliphatic heterocycles. The maximum atomic E-state index is 11.2. The van der Waals surface area contributed by atoms with Crippen LogP contribution in [0.2, 0.25) is 0 Å². The Morgan fingerprint density at radius 2 is 1.61 bits per heavy atom. The summed E-state index contributed by atoms with van der Waals surface area (Å²) in [5, 5.41) is 0. The molecule has 4 unspecified atom stereocenters. The Balaban J connectivity index is 1.50. The van der Waals surface area contributed by atoms with E-state index in [1.165, 1.54) is 64.2 Å². The van der Waals surface area contributed by atoms with E-state index in [1.807, 2.05) is 0 Å². The first-order valence-corrected chi connectivity index (χ1v) is 10.3. The summed E-state index contributed by atoms with van der Waals surface area (Å²) in [6.45, 7) is 3.87. The van der Waals surface area contributed by atoms with Crippen LogP contribution in [0, 0.1) is 29.6 Å². The predicted octanol–water partition coefficient (Wildman–Crippen LogP) is 5.74. The molecule has 0 spiro atoms. The average Bonchev–Trinajstić information content (AvgIpc) is 2.54. The van der Waals surface area contributed by atoms with Gasteiger partial charge >= 0.3 is 5.97 Å². The lowest BCUT2D eigenvalue weighted by Gasteiger charge is -2.50. The van der Waals surface area contributed by atoms with Crippen LogP contribution in [0.4, 0.5) is 0 Å². The molecule has 3 rings (SSSR count). The van der Waals surface area contributed by atoms with Crippen molar-refractivity contribution in [1.29, 1.82) is 0 Å². The Morgan fingerprint density at radius 3 is 2.30 bits per heavy atom. The van der Waals surface area contributed by atoms with Gasteiger partial charge in [0.25, 0.3) is 0 Å². The Hall–Kier alpha value is -0.530. The molecule has 3 aliphatic carbocycles. The summed E-state index contributed by atoms with van der Waals surface area (Å²) in [5.74, 6) is 4.73. The maximum absolute atomic E-state index is 11.2. The highest BCUT2D eigenvalue weighted by Crippen LogP contribution is 2.53. The smallest absolute Gasteiger partial charge is 0.302 e. The van der Waals surface area contributed by atoms with Crippen molar-refractivity contribution in [2.75, 3.05) is 0 Å². The zero-order chi connectivity index (χ0) is 16.2. The van der Waals surface area contributed by atoms with E-state index in [2.05, 4.69) is 6.92 Å². The van der Waals surface area contributed by atoms with E-state index < -0.39 is 0 Å². The fourth-order valence-electron chi connectivity index (χ4n) is 6.14. The van der Waals surface area contributed by atoms with E-state index in [-0.39, 0.29) is 12.1 Å². The molecule has 0 saturated heterocycles. The standard InChI is InChI=1S/C21H36O2/c1-3-4-5-6-16-7-11-20-17(13-16)8-9-18-14-19(23-15(2)22)10-12-21(18)20/h16-21H,3-14H2,1-2H3/t16-,17?,18?,19-,20?,21?/m0/s1. The van der Waals surface area contributed by atoms with Gasteiger partial charge in [0.1, 0.15) is 6.10 Å². The number of unbranched alkanes of at least 4 members (excludes halogenated alkanes) is 2. The molecular weight excluding hydrogens is 284 g/mol. The summed E-state index contributed by atoms with van der Waals surface area (Å²) >= 11 is 0. The minimum Gasteiger partial charge on any atom is -0.463 e. The van der Waals surface area contributed by atoms with Crippen LogP contribution in [0.1, 0.15) is 90.9 Å². The van der Waals surface area contributed by atoms with Crippen molar-refractivity contribution in [3.8, 4) is 0 Å². The van der Waals surface area contributed by atoms with E-state index in [9.17, 15) is 4.79 Å². The third-order valence-electron chi connectivity index (χ3n) is 7.15. The van der Waals surface area contributed by atoms with E-state index in [0.29, 0.717) is 0 Å². The first-order valence-electron chi connectivity index (χ1n) is 10.3. The topological polar surface area (TPSA) is 26.3 Å². The summed E-state index contributed by atoms with van der Waals surface area (Å²) in [7, 11) is 0. The molecule has 0 amide bonds. The molecule has 6 atom stereocenters. The number of hydrogen-bond donors (Lipinski definition) is 0. The molecule has 0 heterocycles. The van der Waals surface area contributed by atoms with Crippen molar-refractivity contribution in [3.63, 3.8) is 0 Å². The van der Waals surface area contributed by atoms with Crippen molar-refractivity contribution in [2.45, 2.75) is 97.0 Å². The van der Waals surface area contributed by atoms with E-state index in [0.717, 1.165) is 42.4 Å². The van der Waals surface area contributed by atoms with Crippen molar-refractivity contribution in [2.24, 2.45) is 29.6 Å². The molecule has 0 aromatic carbocycles. The highest BCUT2D eigenvalue weighted by atomic mass is 16.5. The fourth-order valence-corrected chi connectivity index (χ4v) is 6.14. The second-order valence-electron chi connectivity index (χ2n) is 8.64. The van der Waals surface area contributed by atoms with Crippen LogP contribution in [-0.4, -0.2) is 12.1 Å². The highest BCUT2D eigenvalue weighted by Gasteiger charge is 2.44. The molecule has 0 aromatic heterocycles. The second kappa shape index (κ2) is 8.03. The largest absolute Gasteiger partial charge is 0.463 e. The minimum absolute atomic E-state index is 0.0882. The van der Waals surface area contributed by atoms with Gasteiger partial charge in [-0.3, -0.25) is 4.79 Å². The predicted molar refractivity (Wildman–Crippen MR) is 94.1 cm³/mol. The molecule has 3 fully saturated rings. The lowest BCUT2D eigenvalue weighted by atomic mass is 9.56. The van der Waals surface area contributed by atoms with Crippen molar-refractivity contribution in [3.05, 3.63) is 0 Å². The molecule has 132 valence electrons. The third-order valence-corrected chi connectivity index (χ3v) is 7.15. The van der Waals surface area contributed by atoms with E-state index in [1.54, 1.807) is 6.92 Å². The zero-order valence-corrected chi connectivity index (χ0v) is 15.3. The van der Waals surface area contributed by atoms with Gasteiger partial charge in [0.15, 0.2) is 0 Å². The number of hydrogen-bond acceptors (Lipinski definition) is 2. The van der Waals surface area contributed by atoms with Gasteiger partial charge in [-0.2, -0.15) is 0 Å². The van der Waals surface area contributed by atoms with Crippen molar-refractivity contribution >= 4 is 5.97 Å². The molecule has 3 saturated carbocycles. The molecule has 3 aliphatic rings. The van der Waals surface area contributed by atoms with Crippen LogP contribution in [-0.2, 0) is 9.53 Å². The first kappa shape index (κ1) is 17.3. The van der Waals surface area contributed by atoms with Crippen LogP contribution >= 0.6 is 0 Å². The normalized spacial score (nSPS) is 40.1. The molecule has 23 heavy (non-hydrogen) atoms. The number of carbonyl (C=O) groups excluding carboxylic acids is 1. The van der Waals surface area contributed by atoms with Gasteiger partial charge in [0, 0.05) is 6.92 Å². The molecule has 0 radical (unpaired) electrons. The zero-order valence-electron chi connectivity index (χ0n) is 15.3. The van der Waals surface area contributed by atoms with Gasteiger partial charge in [0.2, 0.25) is 0 Å². The summed E-state index contributed by atoms with van der Waals surface area (Å²) in [5.41, 5.74) is 0. The van der Waals surface area contributed by atoms with E-state index >= 15 is 0 Å². The molecule has 0 bridgehead atoms. The Kier molecular flexibility index (Phi) is 6.04. The number of rotatable bonds is 5. The quantitative estimate of drug-likeness (QED) is 0.477. The lowest BCUT2D eigenvalue weighted by molar-refractivity contribution is -0.151. The van der Waals surface area contributed by atoms with Gasteiger partial charge in [-0.1, -0.05) is 39.0 Å². The summed E-state index contributed by atoms with van der Waals surface area (Å²) < 4.78 is 5.51. The maximum Gasteiger partial charge on any atom is 0.302 e. The van der Waals surface area contributed by atoms with Crippen LogP contribution in [0.25, 0.3) is 0 Å². The van der Waals surface area contributed by atoms with Crippen LogP contribution < -0.4 is 0 Å². The molecule has 0 N–H and O–H groups in total. The highest BCUT2D eigenvalue weighted by molar-refractivity contribution is 5.66. The second-order valence-corrected chi connectivity index (χ2v) is 8.64. The summed E-state index contributed by atoms with van der Waals surface area (Å²) in [6.07, 6.45) is 16.8. The molecular formula is C21H36O2. The number of carbonyl (C=O) groups is 1. The monoisotopic (exact) mass is 320 g/mol. The average molecular weight is 321 g/mol. The Labute approximate surface area is 142 Å². The molecule has 2 nitrogen and oxygen atoms in total. The van der Waals surface area contributed by atoms with Gasteiger partial charge in [-0.05, 0) is 74.5 Å². The van der Waals surface area contributed by atoms with Gasteiger partial charge in [0.05, 0.1) is 0 Å². The van der Waals surface area contributed by atoms with Crippen molar-refractivity contribution in [1.82, 2.24) is 0 Å². The van der Waals surface area contributed by atoms with Crippen molar-refractivity contribution < 1.29 is 9.53 Å². The summed E-state index contributed by atoms with van der Waals surface area (Å²) in [6, 6.07) is 0. The van der Waals surface area contributed by atoms with E-state index in [4.69, 9.17) is 4.74 Å². The fraction of sp³-hybridized carbons (Fsp3) is 0.952. The summed E-state index contributed by atoms with van der Waals surface area (Å²) in [4.78, 5) is 11.2. The molecule has 0 aromatic rings. The number of ether oxygens (including phenoxy) is 1. The third kappa shape index (κ3) is 4.31. The Bertz CT molecular complexity index is 391. The number of esters is 1. The van der Waals surface area contributed by atoms with Crippen LogP contribution in [0.15, 0.2) is 0 Å². The Morgan fingerprint density at radius 1 is 0.913 bits per heavy atom. The lowest BCUT2D eigenvalue weighted by Crippen LogP contribution is -2.43. The van der Waals surface area contributed by atoms with Crippen LogP contribution in [0.3, 0.4) is 0 Å². The first-order chi connectivity index (χ1) is 11.2.